The lowest BCUT2D eigenvalue weighted by atomic mass is 10.1. The van der Waals surface area contributed by atoms with Crippen LogP contribution < -0.4 is 0 Å². The van der Waals surface area contributed by atoms with Gasteiger partial charge in [-0.3, -0.25) is 4.79 Å². The number of carbonyl (C=O) groups is 2. The fourth-order valence-electron chi connectivity index (χ4n) is 4.81. The summed E-state index contributed by atoms with van der Waals surface area (Å²) in [5.41, 5.74) is 1.57. The number of carboxylic acids is 1. The van der Waals surface area contributed by atoms with E-state index < -0.39 is 28.5 Å². The molecular formula is C29H26ClN3O5S. The van der Waals surface area contributed by atoms with E-state index in [4.69, 9.17) is 16.3 Å². The number of rotatable bonds is 10. The normalized spacial score (nSPS) is 19.0. The molecule has 10 heteroatoms. The number of imidazole rings is 1. The Morgan fingerprint density at radius 1 is 1.08 bits per heavy atom. The molecule has 0 radical (unpaired) electrons. The lowest BCUT2D eigenvalue weighted by Gasteiger charge is -2.29. The zero-order valence-electron chi connectivity index (χ0n) is 21.1. The van der Waals surface area contributed by atoms with Gasteiger partial charge in [-0.05, 0) is 47.4 Å². The van der Waals surface area contributed by atoms with E-state index in [9.17, 15) is 18.9 Å². The summed E-state index contributed by atoms with van der Waals surface area (Å²) < 4.78 is 22.0. The van der Waals surface area contributed by atoms with Crippen molar-refractivity contribution in [1.82, 2.24) is 13.9 Å². The number of carbonyl (C=O) groups excluding carboxylic acids is 1. The molecule has 0 bridgehead atoms. The second-order valence-corrected chi connectivity index (χ2v) is 11.1. The van der Waals surface area contributed by atoms with Crippen molar-refractivity contribution >= 4 is 34.5 Å². The predicted octanol–water partition coefficient (Wildman–Crippen LogP) is 5.03. The van der Waals surface area contributed by atoms with Crippen LogP contribution in [0.1, 0.15) is 28.4 Å². The summed E-state index contributed by atoms with van der Waals surface area (Å²) in [5.74, 6) is -1.91. The molecule has 1 N–H and O–H groups in total. The summed E-state index contributed by atoms with van der Waals surface area (Å²) in [4.78, 5) is 29.2. The zero-order chi connectivity index (χ0) is 27.6. The van der Waals surface area contributed by atoms with Gasteiger partial charge < -0.3 is 14.4 Å². The van der Waals surface area contributed by atoms with Gasteiger partial charge in [-0.15, -0.1) is 0 Å². The number of halogens is 1. The van der Waals surface area contributed by atoms with Gasteiger partial charge in [0.05, 0.1) is 18.3 Å². The van der Waals surface area contributed by atoms with Gasteiger partial charge in [-0.1, -0.05) is 66.2 Å². The molecule has 1 heterocycles. The van der Waals surface area contributed by atoms with Crippen molar-refractivity contribution in [2.75, 3.05) is 13.7 Å². The molecule has 5 rings (SSSR count). The van der Waals surface area contributed by atoms with Gasteiger partial charge in [0.2, 0.25) is 0 Å². The van der Waals surface area contributed by atoms with Gasteiger partial charge in [-0.25, -0.2) is 18.3 Å². The van der Waals surface area contributed by atoms with E-state index in [2.05, 4.69) is 4.98 Å². The summed E-state index contributed by atoms with van der Waals surface area (Å²) in [6, 6.07) is 24.1. The van der Waals surface area contributed by atoms with Crippen molar-refractivity contribution in [2.45, 2.75) is 29.3 Å². The van der Waals surface area contributed by atoms with Crippen LogP contribution in [0.5, 0.6) is 0 Å². The molecule has 39 heavy (non-hydrogen) atoms. The van der Waals surface area contributed by atoms with Crippen LogP contribution in [0.15, 0.2) is 96.3 Å². The molecule has 0 aliphatic heterocycles. The molecule has 1 saturated carbocycles. The quantitative estimate of drug-likeness (QED) is 0.272. The van der Waals surface area contributed by atoms with Crippen molar-refractivity contribution in [1.29, 1.82) is 0 Å². The first kappa shape index (κ1) is 26.8. The Balaban J connectivity index is 1.45. The highest BCUT2D eigenvalue weighted by molar-refractivity contribution is 7.82. The molecule has 8 nitrogen and oxygen atoms in total. The van der Waals surface area contributed by atoms with Crippen LogP contribution in [0.4, 0.5) is 0 Å². The maximum atomic E-state index is 14.0. The van der Waals surface area contributed by atoms with Crippen LogP contribution in [0.3, 0.4) is 0 Å². The summed E-state index contributed by atoms with van der Waals surface area (Å²) in [6.07, 6.45) is 3.34. The highest BCUT2D eigenvalue weighted by Gasteiger charge is 2.66. The number of methoxy groups -OCH3 is 1. The monoisotopic (exact) mass is 563 g/mol. The van der Waals surface area contributed by atoms with E-state index in [0.29, 0.717) is 16.3 Å². The van der Waals surface area contributed by atoms with E-state index in [1.807, 2.05) is 54.6 Å². The van der Waals surface area contributed by atoms with Crippen molar-refractivity contribution in [3.8, 4) is 11.1 Å². The topological polar surface area (TPSA) is 102 Å². The van der Waals surface area contributed by atoms with Gasteiger partial charge in [0.15, 0.2) is 5.69 Å². The molecule has 0 spiro atoms. The molecule has 1 aliphatic rings. The largest absolute Gasteiger partial charge is 0.480 e. The third-order valence-electron chi connectivity index (χ3n) is 6.97. The molecule has 3 atom stereocenters. The number of esters is 1. The van der Waals surface area contributed by atoms with Crippen LogP contribution in [-0.2, 0) is 27.1 Å². The third-order valence-corrected chi connectivity index (χ3v) is 8.81. The average Bonchev–Trinajstić information content (AvgIpc) is 3.55. The molecule has 4 aromatic rings. The Hall–Kier alpha value is -3.79. The fraction of sp³-hybridized carbons (Fsp3) is 0.207. The zero-order valence-corrected chi connectivity index (χ0v) is 22.6. The van der Waals surface area contributed by atoms with Crippen molar-refractivity contribution < 1.29 is 23.6 Å². The number of aromatic nitrogens is 2. The molecule has 200 valence electrons. The Labute approximate surface area is 233 Å². The molecular weight excluding hydrogens is 538 g/mol. The fourth-order valence-corrected chi connectivity index (χ4v) is 6.38. The molecule has 1 aliphatic carbocycles. The molecule has 3 aromatic carbocycles. The Bertz CT molecular complexity index is 1510. The Morgan fingerprint density at radius 3 is 2.33 bits per heavy atom. The number of carboxylic acid groups (broad SMARTS) is 1. The third kappa shape index (κ3) is 5.38. The number of aliphatic carboxylic acids is 1. The second kappa shape index (κ2) is 11.1. The van der Waals surface area contributed by atoms with Crippen molar-refractivity contribution in [3.63, 3.8) is 0 Å². The molecule has 3 unspecified atom stereocenters. The average molecular weight is 564 g/mol. The number of ether oxygens (including phenoxy) is 1. The SMILES string of the molecule is COC(=O)c1cn(CCN(S(=O)c2ccc(-c3ccc(Cl)cc3)cc2)C2(C(=O)O)CC2c2ccccc2)cn1. The van der Waals surface area contributed by atoms with Gasteiger partial charge >= 0.3 is 11.9 Å². The van der Waals surface area contributed by atoms with Crippen molar-refractivity contribution in [2.24, 2.45) is 0 Å². The van der Waals surface area contributed by atoms with Crippen LogP contribution in [0.2, 0.25) is 5.02 Å². The highest BCUT2D eigenvalue weighted by atomic mass is 35.5. The molecule has 1 aromatic heterocycles. The number of hydrogen-bond acceptors (Lipinski definition) is 5. The van der Waals surface area contributed by atoms with E-state index in [0.717, 1.165) is 16.7 Å². The summed E-state index contributed by atoms with van der Waals surface area (Å²) in [5, 5.41) is 11.1. The van der Waals surface area contributed by atoms with Crippen LogP contribution in [0, 0.1) is 0 Å². The molecule has 0 saturated heterocycles. The predicted molar refractivity (Wildman–Crippen MR) is 148 cm³/mol. The van der Waals surface area contributed by atoms with Gasteiger partial charge in [0, 0.05) is 30.2 Å². The summed E-state index contributed by atoms with van der Waals surface area (Å²) in [6.45, 7) is 0.424. The summed E-state index contributed by atoms with van der Waals surface area (Å²) in [7, 11) is -0.507. The van der Waals surface area contributed by atoms with E-state index in [1.54, 1.807) is 33.1 Å². The van der Waals surface area contributed by atoms with Crippen LogP contribution >= 0.6 is 11.6 Å². The van der Waals surface area contributed by atoms with Gasteiger partial charge in [0.25, 0.3) is 0 Å². The maximum absolute atomic E-state index is 14.0. The van der Waals surface area contributed by atoms with E-state index in [1.165, 1.54) is 19.6 Å². The standard InChI is InChI=1S/C29H26ClN3O5S/c1-38-27(34)26-18-32(19-31-26)15-16-33(29(28(35)36)17-25(29)22-5-3-2-4-6-22)39(37)24-13-9-21(10-14-24)20-7-11-23(30)12-8-20/h2-14,18-19,25H,15-17H2,1H3,(H,35,36). The Morgan fingerprint density at radius 2 is 1.72 bits per heavy atom. The second-order valence-electron chi connectivity index (χ2n) is 9.27. The first-order valence-corrected chi connectivity index (χ1v) is 13.8. The molecule has 0 amide bonds. The minimum Gasteiger partial charge on any atom is -0.480 e. The minimum absolute atomic E-state index is 0.143. The van der Waals surface area contributed by atoms with Crippen LogP contribution in [0.25, 0.3) is 11.1 Å². The minimum atomic E-state index is -1.78. The Kier molecular flexibility index (Phi) is 7.65. The van der Waals surface area contributed by atoms with Crippen molar-refractivity contribution in [3.05, 3.63) is 108 Å². The highest BCUT2D eigenvalue weighted by Crippen LogP contribution is 2.56. The summed E-state index contributed by atoms with van der Waals surface area (Å²) >= 11 is 6.01. The van der Waals surface area contributed by atoms with Crippen LogP contribution in [-0.4, -0.2) is 54.3 Å². The lowest BCUT2D eigenvalue weighted by Crippen LogP contribution is -2.47. The van der Waals surface area contributed by atoms with E-state index >= 15 is 0 Å². The molecule has 1 fully saturated rings. The lowest BCUT2D eigenvalue weighted by molar-refractivity contribution is -0.143. The first-order valence-electron chi connectivity index (χ1n) is 12.3. The number of hydrogen-bond donors (Lipinski definition) is 1. The smallest absolute Gasteiger partial charge is 0.358 e. The number of nitrogens with zero attached hydrogens (tertiary/aromatic N) is 3. The first-order chi connectivity index (χ1) is 18.8. The number of benzene rings is 3. The van der Waals surface area contributed by atoms with E-state index in [-0.39, 0.29) is 24.7 Å². The van der Waals surface area contributed by atoms with Gasteiger partial charge in [-0.2, -0.15) is 0 Å². The maximum Gasteiger partial charge on any atom is 0.358 e. The van der Waals surface area contributed by atoms with Gasteiger partial charge in [0.1, 0.15) is 16.5 Å².